The predicted molar refractivity (Wildman–Crippen MR) is 268 cm³/mol. The number of hydrogen-bond acceptors (Lipinski definition) is 7. The van der Waals surface area contributed by atoms with Crippen LogP contribution in [-0.2, 0) is 33.3 Å². The molecule has 2 atom stereocenters. The summed E-state index contributed by atoms with van der Waals surface area (Å²) in [6.45, 7) is 4.85. The van der Waals surface area contributed by atoms with Crippen LogP contribution in [0.2, 0.25) is 0 Å². The van der Waals surface area contributed by atoms with Crippen LogP contribution in [0, 0.1) is 0 Å². The highest BCUT2D eigenvalue weighted by Gasteiger charge is 2.25. The third-order valence-corrected chi connectivity index (χ3v) is 12.0. The normalized spacial score (nSPS) is 13.0. The number of carboxylic acid groups (broad SMARTS) is 1. The van der Waals surface area contributed by atoms with Crippen LogP contribution in [0.1, 0.15) is 251 Å². The average Bonchev–Trinajstić information content (AvgIpc) is 3.26. The minimum atomic E-state index is -1.50. The Morgan fingerprint density at radius 3 is 1.23 bits per heavy atom. The Morgan fingerprint density at radius 1 is 0.469 bits per heavy atom. The summed E-state index contributed by atoms with van der Waals surface area (Å²) in [6, 6.07) is 0. The maximum Gasteiger partial charge on any atom is 0.361 e. The fourth-order valence-electron chi connectivity index (χ4n) is 7.75. The van der Waals surface area contributed by atoms with E-state index in [1.54, 1.807) is 0 Å². The van der Waals surface area contributed by atoms with Gasteiger partial charge in [0.2, 0.25) is 0 Å². The summed E-state index contributed by atoms with van der Waals surface area (Å²) < 4.78 is 22.7. The van der Waals surface area contributed by atoms with E-state index in [0.717, 1.165) is 44.9 Å². The second-order valence-corrected chi connectivity index (χ2v) is 19.5. The van der Waals surface area contributed by atoms with Crippen molar-refractivity contribution in [2.24, 2.45) is 0 Å². The monoisotopic (exact) mass is 907 g/mol. The standard InChI is InChI=1S/C55H103NO8/c1-6-8-10-12-14-16-17-18-19-20-21-22-23-24-25-26-27-28-29-30-31-32-33-34-35-36-37-38-40-42-44-46-53(58)64-51(50-63-55(54(59)60)61-48-47-56(3,4)5)49-62-52(57)45-43-41-39-15-13-11-9-7-2/h17-18,20-21,51,55H,6-16,19,22-50H2,1-5H3/p+1/b18-17-,21-20-. The smallest absolute Gasteiger partial charge is 0.361 e. The number of likely N-dealkylation sites (N-methyl/N-ethyl adjacent to an activating group) is 1. The van der Waals surface area contributed by atoms with Gasteiger partial charge in [0.25, 0.3) is 6.29 Å². The van der Waals surface area contributed by atoms with E-state index in [2.05, 4.69) is 38.2 Å². The lowest BCUT2D eigenvalue weighted by molar-refractivity contribution is -0.870. The fraction of sp³-hybridized carbons (Fsp3) is 0.873. The van der Waals surface area contributed by atoms with Crippen molar-refractivity contribution in [3.63, 3.8) is 0 Å². The van der Waals surface area contributed by atoms with Crippen molar-refractivity contribution in [2.75, 3.05) is 47.5 Å². The van der Waals surface area contributed by atoms with Crippen LogP contribution in [0.15, 0.2) is 24.3 Å². The molecule has 9 heteroatoms. The Balaban J connectivity index is 4.00. The summed E-state index contributed by atoms with van der Waals surface area (Å²) in [6.07, 6.45) is 51.4. The maximum atomic E-state index is 12.8. The zero-order chi connectivity index (χ0) is 47.0. The summed E-state index contributed by atoms with van der Waals surface area (Å²) in [7, 11) is 5.96. The summed E-state index contributed by atoms with van der Waals surface area (Å²) >= 11 is 0. The van der Waals surface area contributed by atoms with Gasteiger partial charge < -0.3 is 28.5 Å². The summed E-state index contributed by atoms with van der Waals surface area (Å²) in [4.78, 5) is 37.1. The molecule has 0 aromatic carbocycles. The molecule has 0 aliphatic rings. The van der Waals surface area contributed by atoms with Crippen LogP contribution in [-0.4, -0.2) is 87.4 Å². The molecule has 64 heavy (non-hydrogen) atoms. The van der Waals surface area contributed by atoms with Crippen LogP contribution >= 0.6 is 0 Å². The molecule has 0 fully saturated rings. The minimum Gasteiger partial charge on any atom is -0.477 e. The lowest BCUT2D eigenvalue weighted by atomic mass is 10.0. The summed E-state index contributed by atoms with van der Waals surface area (Å²) in [5.74, 6) is -2.00. The number of aliphatic carboxylic acids is 1. The Kier molecular flexibility index (Phi) is 45.6. The molecule has 0 aliphatic heterocycles. The Hall–Kier alpha value is -2.23. The topological polar surface area (TPSA) is 108 Å². The first kappa shape index (κ1) is 61.8. The van der Waals surface area contributed by atoms with E-state index in [0.29, 0.717) is 17.4 Å². The summed E-state index contributed by atoms with van der Waals surface area (Å²) in [5.41, 5.74) is 0. The van der Waals surface area contributed by atoms with Gasteiger partial charge in [-0.1, -0.05) is 218 Å². The molecule has 0 saturated heterocycles. The van der Waals surface area contributed by atoms with E-state index < -0.39 is 24.3 Å². The molecule has 0 amide bonds. The van der Waals surface area contributed by atoms with Gasteiger partial charge in [-0.2, -0.15) is 0 Å². The number of unbranched alkanes of at least 4 members (excludes halogenated alkanes) is 31. The number of ether oxygens (including phenoxy) is 4. The number of nitrogens with zero attached hydrogens (tertiary/aromatic N) is 1. The number of rotatable bonds is 50. The molecule has 0 aromatic heterocycles. The first-order valence-corrected chi connectivity index (χ1v) is 27.0. The Bertz CT molecular complexity index is 1100. The third-order valence-electron chi connectivity index (χ3n) is 12.0. The summed E-state index contributed by atoms with van der Waals surface area (Å²) in [5, 5.41) is 9.64. The van der Waals surface area contributed by atoms with Crippen molar-refractivity contribution in [1.82, 2.24) is 0 Å². The van der Waals surface area contributed by atoms with E-state index in [1.807, 2.05) is 21.1 Å². The largest absolute Gasteiger partial charge is 0.477 e. The number of esters is 2. The fourth-order valence-corrected chi connectivity index (χ4v) is 7.75. The minimum absolute atomic E-state index is 0.177. The highest BCUT2D eigenvalue weighted by Crippen LogP contribution is 2.16. The van der Waals surface area contributed by atoms with Gasteiger partial charge in [-0.05, 0) is 44.9 Å². The van der Waals surface area contributed by atoms with Gasteiger partial charge in [0.1, 0.15) is 13.2 Å². The lowest BCUT2D eigenvalue weighted by Crippen LogP contribution is -2.40. The zero-order valence-electron chi connectivity index (χ0n) is 42.7. The van der Waals surface area contributed by atoms with E-state index in [4.69, 9.17) is 18.9 Å². The highest BCUT2D eigenvalue weighted by molar-refractivity contribution is 5.71. The maximum absolute atomic E-state index is 12.8. The van der Waals surface area contributed by atoms with Crippen molar-refractivity contribution < 1.29 is 42.9 Å². The lowest BCUT2D eigenvalue weighted by Gasteiger charge is -2.25. The van der Waals surface area contributed by atoms with Gasteiger partial charge in [-0.15, -0.1) is 0 Å². The van der Waals surface area contributed by atoms with Crippen LogP contribution in [0.3, 0.4) is 0 Å². The molecule has 0 rings (SSSR count). The Morgan fingerprint density at radius 2 is 0.844 bits per heavy atom. The van der Waals surface area contributed by atoms with Crippen LogP contribution in [0.25, 0.3) is 0 Å². The SMILES string of the molecule is CCCCCCC/C=C\C/C=C\CCCCCCCCCCCCCCCCCCCCCC(=O)OC(COC(=O)CCCCCCCCCC)COC(OCC[N+](C)(C)C)C(=O)O. The zero-order valence-corrected chi connectivity index (χ0v) is 42.7. The first-order valence-electron chi connectivity index (χ1n) is 27.0. The molecule has 0 aliphatic carbocycles. The van der Waals surface area contributed by atoms with E-state index in [1.165, 1.54) is 180 Å². The van der Waals surface area contributed by atoms with Crippen molar-refractivity contribution in [3.05, 3.63) is 24.3 Å². The van der Waals surface area contributed by atoms with E-state index in [9.17, 15) is 19.5 Å². The third kappa shape index (κ3) is 47.7. The molecule has 0 aromatic rings. The number of carbonyl (C=O) groups is 3. The molecule has 0 bridgehead atoms. The molecular formula is C55H104NO8+. The van der Waals surface area contributed by atoms with Gasteiger partial charge in [0.05, 0.1) is 34.4 Å². The molecule has 1 N–H and O–H groups in total. The molecule has 0 spiro atoms. The highest BCUT2D eigenvalue weighted by atomic mass is 16.7. The van der Waals surface area contributed by atoms with Gasteiger partial charge in [-0.25, -0.2) is 4.79 Å². The Labute approximate surface area is 395 Å². The predicted octanol–water partition coefficient (Wildman–Crippen LogP) is 15.2. The van der Waals surface area contributed by atoms with Crippen LogP contribution < -0.4 is 0 Å². The second-order valence-electron chi connectivity index (χ2n) is 19.5. The van der Waals surface area contributed by atoms with E-state index >= 15 is 0 Å². The molecule has 0 heterocycles. The average molecular weight is 907 g/mol. The molecule has 2 unspecified atom stereocenters. The quantitative estimate of drug-likeness (QED) is 0.0211. The van der Waals surface area contributed by atoms with Crippen molar-refractivity contribution in [1.29, 1.82) is 0 Å². The van der Waals surface area contributed by atoms with E-state index in [-0.39, 0.29) is 32.2 Å². The molecule has 0 saturated carbocycles. The molecule has 376 valence electrons. The molecule has 9 nitrogen and oxygen atoms in total. The number of hydrogen-bond donors (Lipinski definition) is 1. The van der Waals surface area contributed by atoms with Crippen molar-refractivity contribution in [2.45, 2.75) is 264 Å². The van der Waals surface area contributed by atoms with Gasteiger partial charge in [0.15, 0.2) is 6.10 Å². The van der Waals surface area contributed by atoms with Gasteiger partial charge >= 0.3 is 17.9 Å². The van der Waals surface area contributed by atoms with Crippen LogP contribution in [0.5, 0.6) is 0 Å². The number of carboxylic acids is 1. The second kappa shape index (κ2) is 47.3. The van der Waals surface area contributed by atoms with Crippen molar-refractivity contribution in [3.8, 4) is 0 Å². The van der Waals surface area contributed by atoms with Crippen molar-refractivity contribution >= 4 is 17.9 Å². The number of quaternary nitrogens is 1. The van der Waals surface area contributed by atoms with Gasteiger partial charge in [-0.3, -0.25) is 9.59 Å². The van der Waals surface area contributed by atoms with Gasteiger partial charge in [0, 0.05) is 12.8 Å². The number of allylic oxidation sites excluding steroid dienone is 4. The molecule has 0 radical (unpaired) electrons. The van der Waals surface area contributed by atoms with Crippen LogP contribution in [0.4, 0.5) is 0 Å². The first-order chi connectivity index (χ1) is 31.1. The molecular weight excluding hydrogens is 803 g/mol. The number of carbonyl (C=O) groups excluding carboxylic acids is 2.